The lowest BCUT2D eigenvalue weighted by atomic mass is 9.88. The van der Waals surface area contributed by atoms with Crippen molar-refractivity contribution >= 4 is 6.09 Å². The zero-order valence-electron chi connectivity index (χ0n) is 11.8. The average Bonchev–Trinajstić information content (AvgIpc) is 2.54. The molecule has 1 aliphatic rings. The van der Waals surface area contributed by atoms with Crippen molar-refractivity contribution < 1.29 is 30.0 Å². The van der Waals surface area contributed by atoms with Crippen LogP contribution in [0.5, 0.6) is 0 Å². The van der Waals surface area contributed by atoms with Gasteiger partial charge >= 0.3 is 6.09 Å². The lowest BCUT2D eigenvalue weighted by molar-refractivity contribution is -0.0637. The van der Waals surface area contributed by atoms with Crippen molar-refractivity contribution in [1.82, 2.24) is 5.32 Å². The maximum atomic E-state index is 11.7. The van der Waals surface area contributed by atoms with Gasteiger partial charge in [-0.25, -0.2) is 4.79 Å². The summed E-state index contributed by atoms with van der Waals surface area (Å²) in [4.78, 5) is 11.7. The van der Waals surface area contributed by atoms with Gasteiger partial charge in [-0.15, -0.1) is 0 Å². The molecule has 0 bridgehead atoms. The molecular weight excluding hydrogens is 290 g/mol. The van der Waals surface area contributed by atoms with Gasteiger partial charge in [0, 0.05) is 0 Å². The normalized spacial score (nSPS) is 27.9. The van der Waals surface area contributed by atoms with E-state index in [4.69, 9.17) is 9.84 Å². The topological polar surface area (TPSA) is 119 Å². The summed E-state index contributed by atoms with van der Waals surface area (Å²) in [5, 5.41) is 40.7. The number of nitrogens with one attached hydrogen (secondary N) is 1. The standard InChI is InChI=1S/C15H19NO6/c17-7-10-6-11(13(19)14(20)12(10)18)16-15(21)22-8-9-4-2-1-3-5-9/h1-6,11-14,17-20H,7-8H2,(H,16,21). The lowest BCUT2D eigenvalue weighted by Crippen LogP contribution is -2.55. The van der Waals surface area contributed by atoms with E-state index in [9.17, 15) is 20.1 Å². The molecule has 0 fully saturated rings. The van der Waals surface area contributed by atoms with Gasteiger partial charge in [0.15, 0.2) is 0 Å². The Balaban J connectivity index is 1.94. The summed E-state index contributed by atoms with van der Waals surface area (Å²) in [6.45, 7) is -0.417. The van der Waals surface area contributed by atoms with Crippen molar-refractivity contribution in [3.05, 3.63) is 47.5 Å². The van der Waals surface area contributed by atoms with Crippen molar-refractivity contribution in [2.24, 2.45) is 0 Å². The summed E-state index contributed by atoms with van der Waals surface area (Å²) in [5.41, 5.74) is 0.940. The van der Waals surface area contributed by atoms with Gasteiger partial charge in [-0.05, 0) is 11.1 Å². The molecule has 2 rings (SSSR count). The van der Waals surface area contributed by atoms with Gasteiger partial charge in [0.05, 0.1) is 12.6 Å². The van der Waals surface area contributed by atoms with Crippen LogP contribution < -0.4 is 5.32 Å². The SMILES string of the molecule is O=C(NC1C=C(CO)C(O)C(O)C1O)OCc1ccccc1. The number of carbonyl (C=O) groups excluding carboxylic acids is 1. The fourth-order valence-electron chi connectivity index (χ4n) is 2.22. The zero-order valence-corrected chi connectivity index (χ0v) is 11.8. The average molecular weight is 309 g/mol. The number of amides is 1. The highest BCUT2D eigenvalue weighted by atomic mass is 16.5. The maximum absolute atomic E-state index is 11.7. The van der Waals surface area contributed by atoms with Gasteiger partial charge in [0.25, 0.3) is 0 Å². The first kappa shape index (κ1) is 16.4. The van der Waals surface area contributed by atoms with Gasteiger partial charge in [0.1, 0.15) is 24.9 Å². The van der Waals surface area contributed by atoms with Crippen LogP contribution in [0.4, 0.5) is 4.79 Å². The summed E-state index contributed by atoms with van der Waals surface area (Å²) < 4.78 is 5.01. The van der Waals surface area contributed by atoms with Crippen LogP contribution in [0, 0.1) is 0 Å². The number of aliphatic hydroxyl groups excluding tert-OH is 4. The van der Waals surface area contributed by atoms with Gasteiger partial charge in [-0.3, -0.25) is 0 Å². The predicted molar refractivity (Wildman–Crippen MR) is 76.7 cm³/mol. The first-order chi connectivity index (χ1) is 10.5. The Kier molecular flexibility index (Phi) is 5.51. The van der Waals surface area contributed by atoms with Crippen molar-refractivity contribution in [3.8, 4) is 0 Å². The number of carbonyl (C=O) groups is 1. The molecule has 0 saturated heterocycles. The highest BCUT2D eigenvalue weighted by Gasteiger charge is 2.37. The highest BCUT2D eigenvalue weighted by Crippen LogP contribution is 2.20. The second kappa shape index (κ2) is 7.37. The van der Waals surface area contributed by atoms with Crippen LogP contribution in [-0.4, -0.2) is 57.5 Å². The fourth-order valence-corrected chi connectivity index (χ4v) is 2.22. The second-order valence-electron chi connectivity index (χ2n) is 5.06. The molecule has 1 aromatic carbocycles. The van der Waals surface area contributed by atoms with Gasteiger partial charge in [-0.2, -0.15) is 0 Å². The first-order valence-electron chi connectivity index (χ1n) is 6.85. The van der Waals surface area contributed by atoms with Crippen molar-refractivity contribution in [1.29, 1.82) is 0 Å². The van der Waals surface area contributed by atoms with Crippen LogP contribution in [0.25, 0.3) is 0 Å². The van der Waals surface area contributed by atoms with E-state index in [1.54, 1.807) is 12.1 Å². The Labute approximate surface area is 127 Å². The number of alkyl carbamates (subject to hydrolysis) is 1. The summed E-state index contributed by atoms with van der Waals surface area (Å²) in [6, 6.07) is 8.11. The van der Waals surface area contributed by atoms with Crippen molar-refractivity contribution in [2.75, 3.05) is 6.61 Å². The van der Waals surface area contributed by atoms with Crippen LogP contribution >= 0.6 is 0 Å². The van der Waals surface area contributed by atoms with Crippen molar-refractivity contribution in [3.63, 3.8) is 0 Å². The van der Waals surface area contributed by atoms with E-state index < -0.39 is 37.1 Å². The Hall–Kier alpha value is -1.93. The molecule has 7 nitrogen and oxygen atoms in total. The molecule has 7 heteroatoms. The molecule has 4 unspecified atom stereocenters. The first-order valence-corrected chi connectivity index (χ1v) is 6.85. The molecule has 0 saturated carbocycles. The number of hydrogen-bond acceptors (Lipinski definition) is 6. The molecule has 22 heavy (non-hydrogen) atoms. The lowest BCUT2D eigenvalue weighted by Gasteiger charge is -2.34. The van der Waals surface area contributed by atoms with Crippen LogP contribution in [0.2, 0.25) is 0 Å². The second-order valence-corrected chi connectivity index (χ2v) is 5.06. The minimum atomic E-state index is -1.49. The number of rotatable bonds is 4. The molecule has 120 valence electrons. The molecule has 0 heterocycles. The third kappa shape index (κ3) is 3.83. The quantitative estimate of drug-likeness (QED) is 0.469. The molecular formula is C15H19NO6. The fraction of sp³-hybridized carbons (Fsp3) is 0.400. The van der Waals surface area contributed by atoms with Crippen LogP contribution in [0.1, 0.15) is 5.56 Å². The Morgan fingerprint density at radius 1 is 1.14 bits per heavy atom. The van der Waals surface area contributed by atoms with E-state index in [1.165, 1.54) is 6.08 Å². The number of benzene rings is 1. The number of aliphatic hydroxyl groups is 4. The molecule has 1 aliphatic carbocycles. The van der Waals surface area contributed by atoms with E-state index in [0.717, 1.165) is 5.56 Å². The third-order valence-corrected chi connectivity index (χ3v) is 3.49. The molecule has 0 aromatic heterocycles. The smallest absolute Gasteiger partial charge is 0.408 e. The van der Waals surface area contributed by atoms with Gasteiger partial charge < -0.3 is 30.5 Å². The largest absolute Gasteiger partial charge is 0.445 e. The molecule has 4 atom stereocenters. The molecule has 0 spiro atoms. The number of hydrogen-bond donors (Lipinski definition) is 5. The zero-order chi connectivity index (χ0) is 16.1. The molecule has 0 radical (unpaired) electrons. The summed E-state index contributed by atoms with van der Waals surface area (Å²) in [5.74, 6) is 0. The summed E-state index contributed by atoms with van der Waals surface area (Å²) in [7, 11) is 0. The molecule has 5 N–H and O–H groups in total. The Bertz CT molecular complexity index is 532. The summed E-state index contributed by atoms with van der Waals surface area (Å²) >= 11 is 0. The van der Waals surface area contributed by atoms with E-state index in [1.807, 2.05) is 18.2 Å². The molecule has 1 aromatic rings. The molecule has 1 amide bonds. The van der Waals surface area contributed by atoms with Crippen molar-refractivity contribution in [2.45, 2.75) is 31.0 Å². The van der Waals surface area contributed by atoms with E-state index in [0.29, 0.717) is 0 Å². The van der Waals surface area contributed by atoms with Crippen LogP contribution in [-0.2, 0) is 11.3 Å². The molecule has 0 aliphatic heterocycles. The minimum absolute atomic E-state index is 0.0667. The third-order valence-electron chi connectivity index (χ3n) is 3.49. The Morgan fingerprint density at radius 3 is 2.45 bits per heavy atom. The maximum Gasteiger partial charge on any atom is 0.408 e. The van der Waals surface area contributed by atoms with E-state index in [-0.39, 0.29) is 12.2 Å². The minimum Gasteiger partial charge on any atom is -0.445 e. The predicted octanol–water partition coefficient (Wildman–Crippen LogP) is -0.704. The van der Waals surface area contributed by atoms with Gasteiger partial charge in [-0.1, -0.05) is 36.4 Å². The van der Waals surface area contributed by atoms with Crippen LogP contribution in [0.3, 0.4) is 0 Å². The van der Waals surface area contributed by atoms with Gasteiger partial charge in [0.2, 0.25) is 0 Å². The van der Waals surface area contributed by atoms with E-state index >= 15 is 0 Å². The van der Waals surface area contributed by atoms with Crippen LogP contribution in [0.15, 0.2) is 42.0 Å². The highest BCUT2D eigenvalue weighted by molar-refractivity contribution is 5.68. The van der Waals surface area contributed by atoms with E-state index in [2.05, 4.69) is 5.32 Å². The number of ether oxygens (including phenoxy) is 1. The Morgan fingerprint density at radius 2 is 1.82 bits per heavy atom. The summed E-state index contributed by atoms with van der Waals surface area (Å²) in [6.07, 6.45) is -3.71. The monoisotopic (exact) mass is 309 g/mol.